The van der Waals surface area contributed by atoms with Gasteiger partial charge in [0.15, 0.2) is 0 Å². The maximum atomic E-state index is 8.36. The molecule has 8 nitrogen and oxygen atoms in total. The van der Waals surface area contributed by atoms with Crippen LogP contribution in [-0.2, 0) is 0 Å². The minimum absolute atomic E-state index is 0. The van der Waals surface area contributed by atoms with Gasteiger partial charge in [0.25, 0.3) is 10.2 Å². The summed E-state index contributed by atoms with van der Waals surface area (Å²) in [6.45, 7) is 0. The predicted molar refractivity (Wildman–Crippen MR) is 24.8 cm³/mol. The Morgan fingerprint density at radius 1 is 1.00 bits per heavy atom. The van der Waals surface area contributed by atoms with Gasteiger partial charge < -0.3 is 10.4 Å². The normalized spacial score (nSPS) is 5.33. The third-order valence-corrected chi connectivity index (χ3v) is 0. The molecular weight excluding hydrogens is 159 g/mol. The summed E-state index contributed by atoms with van der Waals surface area (Å²) in [4.78, 5) is 16.7. The Labute approximate surface area is 54.3 Å². The zero-order valence-electron chi connectivity index (χ0n) is 3.83. The second-order valence-corrected chi connectivity index (χ2v) is 0.476. The first kappa shape index (κ1) is 15.6. The first-order valence-electron chi connectivity index (χ1n) is 1.13. The Balaban J connectivity index is -0.0000000720. The Kier molecular flexibility index (Phi) is 17.1. The Hall–Kier alpha value is -1.31. The smallest absolute Gasteiger partial charge is 0.291 e. The molecular formula is H3ClN2O6. The van der Waals surface area contributed by atoms with E-state index >= 15 is 0 Å². The van der Waals surface area contributed by atoms with E-state index in [2.05, 4.69) is 0 Å². The fourth-order valence-corrected chi connectivity index (χ4v) is 0. The van der Waals surface area contributed by atoms with Gasteiger partial charge in [0.2, 0.25) is 0 Å². The molecule has 56 valence electrons. The van der Waals surface area contributed by atoms with Crippen LogP contribution in [0, 0.1) is 20.2 Å². The van der Waals surface area contributed by atoms with Crippen LogP contribution in [0.2, 0.25) is 0 Å². The van der Waals surface area contributed by atoms with Crippen molar-refractivity contribution >= 4 is 12.4 Å². The van der Waals surface area contributed by atoms with Gasteiger partial charge >= 0.3 is 0 Å². The lowest BCUT2D eigenvalue weighted by Crippen LogP contribution is -1.81. The molecule has 0 unspecified atom stereocenters. The number of nitrogens with zero attached hydrogens (tertiary/aromatic N) is 2. The summed E-state index contributed by atoms with van der Waals surface area (Å²) in [5, 5.41) is 27.3. The monoisotopic (exact) mass is 162 g/mol. The first-order valence-corrected chi connectivity index (χ1v) is 1.13. The lowest BCUT2D eigenvalue weighted by atomic mass is 13.1. The van der Waals surface area contributed by atoms with Crippen molar-refractivity contribution in [3.05, 3.63) is 20.2 Å². The number of hydrogen-bond donors (Lipinski definition) is 2. The summed E-state index contributed by atoms with van der Waals surface area (Å²) in [5.74, 6) is 0. The molecule has 0 saturated carbocycles. The molecule has 0 fully saturated rings. The summed E-state index contributed by atoms with van der Waals surface area (Å²) in [5.41, 5.74) is 0. The molecule has 0 saturated heterocycles. The molecule has 0 aromatic carbocycles. The Morgan fingerprint density at radius 3 is 1.00 bits per heavy atom. The van der Waals surface area contributed by atoms with Crippen LogP contribution in [0.15, 0.2) is 0 Å². The third kappa shape index (κ3) is 85.7. The van der Waals surface area contributed by atoms with Crippen LogP contribution < -0.4 is 0 Å². The maximum absolute atomic E-state index is 8.36. The van der Waals surface area contributed by atoms with Crippen molar-refractivity contribution in [2.75, 3.05) is 0 Å². The standard InChI is InChI=1S/ClH.2HNO3/c;2*2-1(3)4/h1H;2*(H,2,3,4). The highest BCUT2D eigenvalue weighted by Crippen LogP contribution is 1.38. The van der Waals surface area contributed by atoms with Crippen LogP contribution >= 0.6 is 12.4 Å². The second kappa shape index (κ2) is 9.85. The van der Waals surface area contributed by atoms with E-state index < -0.39 is 10.2 Å². The molecule has 0 spiro atoms. The zero-order valence-corrected chi connectivity index (χ0v) is 4.65. The number of hydrogen-bond acceptors (Lipinski definition) is 4. The molecule has 9 heteroatoms. The fourth-order valence-electron chi connectivity index (χ4n) is 0. The molecule has 0 aliphatic rings. The van der Waals surface area contributed by atoms with E-state index in [1.165, 1.54) is 0 Å². The summed E-state index contributed by atoms with van der Waals surface area (Å²) >= 11 is 0. The summed E-state index contributed by atoms with van der Waals surface area (Å²) in [7, 11) is 0. The zero-order chi connectivity index (χ0) is 7.15. The van der Waals surface area contributed by atoms with Gasteiger partial charge in [0.1, 0.15) is 0 Å². The van der Waals surface area contributed by atoms with Crippen LogP contribution in [0.25, 0.3) is 0 Å². The lowest BCUT2D eigenvalue weighted by Gasteiger charge is -1.56. The predicted octanol–water partition coefficient (Wildman–Crippen LogP) is -0.274. The largest absolute Gasteiger partial charge is 0.328 e. The highest BCUT2D eigenvalue weighted by atomic mass is 35.5. The van der Waals surface area contributed by atoms with E-state index in [1.807, 2.05) is 0 Å². The van der Waals surface area contributed by atoms with E-state index in [9.17, 15) is 0 Å². The molecule has 0 bridgehead atoms. The molecule has 0 rings (SSSR count). The number of rotatable bonds is 0. The van der Waals surface area contributed by atoms with E-state index in [1.54, 1.807) is 0 Å². The van der Waals surface area contributed by atoms with E-state index in [0.717, 1.165) is 0 Å². The molecule has 0 aliphatic heterocycles. The second-order valence-electron chi connectivity index (χ2n) is 0.476. The van der Waals surface area contributed by atoms with Gasteiger partial charge in [0.05, 0.1) is 0 Å². The SMILES string of the molecule is Cl.O=[N+]([O-])O.O=[N+]([O-])O. The van der Waals surface area contributed by atoms with E-state index in [-0.39, 0.29) is 12.4 Å². The maximum Gasteiger partial charge on any atom is 0.291 e. The van der Waals surface area contributed by atoms with Crippen molar-refractivity contribution < 1.29 is 20.6 Å². The molecule has 2 N–H and O–H groups in total. The first-order chi connectivity index (χ1) is 3.46. The van der Waals surface area contributed by atoms with Gasteiger partial charge in [0, 0.05) is 0 Å². The average Bonchev–Trinajstić information content (AvgIpc) is 1.25. The van der Waals surface area contributed by atoms with Crippen molar-refractivity contribution in [3.8, 4) is 0 Å². The molecule has 0 atom stereocenters. The molecule has 0 radical (unpaired) electrons. The van der Waals surface area contributed by atoms with Gasteiger partial charge in [-0.1, -0.05) is 0 Å². The third-order valence-electron chi connectivity index (χ3n) is 0. The minimum atomic E-state index is -1.50. The molecule has 9 heavy (non-hydrogen) atoms. The molecule has 0 amide bonds. The quantitative estimate of drug-likeness (QED) is 0.373. The lowest BCUT2D eigenvalue weighted by molar-refractivity contribution is -0.742. The van der Waals surface area contributed by atoms with Gasteiger partial charge in [-0.15, -0.1) is 32.6 Å². The van der Waals surface area contributed by atoms with Crippen LogP contribution in [0.1, 0.15) is 0 Å². The molecule has 0 aromatic rings. The van der Waals surface area contributed by atoms with Crippen LogP contribution in [-0.4, -0.2) is 20.6 Å². The minimum Gasteiger partial charge on any atom is -0.328 e. The molecule has 0 aromatic heterocycles. The van der Waals surface area contributed by atoms with E-state index in [0.29, 0.717) is 0 Å². The van der Waals surface area contributed by atoms with Crippen molar-refractivity contribution in [1.29, 1.82) is 0 Å². The molecule has 0 heterocycles. The Morgan fingerprint density at radius 2 is 1.00 bits per heavy atom. The van der Waals surface area contributed by atoms with Crippen molar-refractivity contribution in [2.24, 2.45) is 0 Å². The topological polar surface area (TPSA) is 127 Å². The fraction of sp³-hybridized carbons (Fsp3) is 0. The van der Waals surface area contributed by atoms with Crippen LogP contribution in [0.4, 0.5) is 0 Å². The van der Waals surface area contributed by atoms with Gasteiger partial charge in [-0.05, 0) is 0 Å². The summed E-state index contributed by atoms with van der Waals surface area (Å²) < 4.78 is 0. The average molecular weight is 162 g/mol. The van der Waals surface area contributed by atoms with Crippen LogP contribution in [0.3, 0.4) is 0 Å². The summed E-state index contributed by atoms with van der Waals surface area (Å²) in [6.07, 6.45) is 0. The Bertz CT molecular complexity index is 69.1. The molecule has 0 aliphatic carbocycles. The van der Waals surface area contributed by atoms with Crippen molar-refractivity contribution in [1.82, 2.24) is 0 Å². The highest BCUT2D eigenvalue weighted by molar-refractivity contribution is 5.85. The van der Waals surface area contributed by atoms with Crippen LogP contribution in [0.5, 0.6) is 0 Å². The summed E-state index contributed by atoms with van der Waals surface area (Å²) in [6, 6.07) is 0. The number of halogens is 1. The van der Waals surface area contributed by atoms with Crippen molar-refractivity contribution in [3.63, 3.8) is 0 Å². The van der Waals surface area contributed by atoms with E-state index in [4.69, 9.17) is 30.6 Å². The van der Waals surface area contributed by atoms with Gasteiger partial charge in [-0.2, -0.15) is 0 Å². The van der Waals surface area contributed by atoms with Crippen molar-refractivity contribution in [2.45, 2.75) is 0 Å². The van der Waals surface area contributed by atoms with Gasteiger partial charge in [-0.3, -0.25) is 0 Å². The van der Waals surface area contributed by atoms with Gasteiger partial charge in [-0.25, -0.2) is 0 Å². The highest BCUT2D eigenvalue weighted by Gasteiger charge is 1.65.